The Kier molecular flexibility index (Phi) is 4.92. The second kappa shape index (κ2) is 7.28. The molecule has 3 N–H and O–H groups in total. The normalized spacial score (nSPS) is 10.8. The third kappa shape index (κ3) is 4.10. The van der Waals surface area contributed by atoms with E-state index in [1.807, 2.05) is 24.4 Å². The smallest absolute Gasteiger partial charge is 0.315 e. The molecule has 0 aliphatic heterocycles. The molecule has 5 nitrogen and oxygen atoms in total. The molecule has 0 saturated heterocycles. The first-order chi connectivity index (χ1) is 11.2. The van der Waals surface area contributed by atoms with Gasteiger partial charge in [0.15, 0.2) is 0 Å². The van der Waals surface area contributed by atoms with Crippen molar-refractivity contribution in [1.29, 1.82) is 0 Å². The number of aryl methyl sites for hydroxylation is 2. The maximum atomic E-state index is 11.7. The van der Waals surface area contributed by atoms with Crippen molar-refractivity contribution >= 4 is 28.3 Å². The maximum Gasteiger partial charge on any atom is 0.315 e. The zero-order valence-electron chi connectivity index (χ0n) is 13.1. The van der Waals surface area contributed by atoms with Gasteiger partial charge in [-0.3, -0.25) is 0 Å². The number of carbonyl (C=O) groups excluding carboxylic acids is 1. The molecule has 0 unspecified atom stereocenters. The molecule has 120 valence electrons. The molecule has 2 heterocycles. The van der Waals surface area contributed by atoms with Gasteiger partial charge < -0.3 is 15.6 Å². The molecule has 0 spiro atoms. The Balaban J connectivity index is 1.38. The number of amides is 2. The summed E-state index contributed by atoms with van der Waals surface area (Å²) in [6, 6.07) is 8.13. The first-order valence-corrected chi connectivity index (χ1v) is 8.58. The highest BCUT2D eigenvalue weighted by molar-refractivity contribution is 7.09. The Morgan fingerprint density at radius 1 is 1.30 bits per heavy atom. The molecule has 0 aliphatic rings. The van der Waals surface area contributed by atoms with E-state index in [2.05, 4.69) is 38.9 Å². The monoisotopic (exact) mass is 328 g/mol. The number of carbonyl (C=O) groups is 1. The fraction of sp³-hybridized carbons (Fsp3) is 0.294. The van der Waals surface area contributed by atoms with Gasteiger partial charge in [0, 0.05) is 34.7 Å². The van der Waals surface area contributed by atoms with Crippen LogP contribution in [0.15, 0.2) is 35.8 Å². The van der Waals surface area contributed by atoms with Crippen LogP contribution < -0.4 is 10.6 Å². The summed E-state index contributed by atoms with van der Waals surface area (Å²) in [5, 5.41) is 9.88. The first kappa shape index (κ1) is 15.6. The highest BCUT2D eigenvalue weighted by Crippen LogP contribution is 2.18. The van der Waals surface area contributed by atoms with Crippen LogP contribution in [0.3, 0.4) is 0 Å². The minimum atomic E-state index is -0.142. The molecule has 3 rings (SSSR count). The van der Waals surface area contributed by atoms with E-state index in [0.29, 0.717) is 13.1 Å². The van der Waals surface area contributed by atoms with Crippen LogP contribution in [-0.4, -0.2) is 22.5 Å². The van der Waals surface area contributed by atoms with Gasteiger partial charge in [0.25, 0.3) is 0 Å². The van der Waals surface area contributed by atoms with Gasteiger partial charge in [-0.25, -0.2) is 9.78 Å². The van der Waals surface area contributed by atoms with E-state index < -0.39 is 0 Å². The summed E-state index contributed by atoms with van der Waals surface area (Å²) in [4.78, 5) is 19.3. The molecule has 0 saturated carbocycles. The molecular formula is C17H20N4OS. The average molecular weight is 328 g/mol. The second-order valence-electron chi connectivity index (χ2n) is 5.46. The zero-order valence-corrected chi connectivity index (χ0v) is 13.9. The number of para-hydroxylation sites is 1. The van der Waals surface area contributed by atoms with Crippen molar-refractivity contribution in [3.05, 3.63) is 52.1 Å². The van der Waals surface area contributed by atoms with Crippen molar-refractivity contribution in [2.45, 2.75) is 26.3 Å². The summed E-state index contributed by atoms with van der Waals surface area (Å²) >= 11 is 1.56. The summed E-state index contributed by atoms with van der Waals surface area (Å²) in [6.45, 7) is 3.08. The van der Waals surface area contributed by atoms with Gasteiger partial charge in [0.05, 0.1) is 6.54 Å². The summed E-state index contributed by atoms with van der Waals surface area (Å²) in [5.74, 6) is 0. The van der Waals surface area contributed by atoms with Crippen LogP contribution in [0.1, 0.15) is 22.7 Å². The number of hydrogen-bond acceptors (Lipinski definition) is 3. The van der Waals surface area contributed by atoms with Crippen LogP contribution in [0.25, 0.3) is 10.9 Å². The van der Waals surface area contributed by atoms with Crippen LogP contribution in [0.2, 0.25) is 0 Å². The van der Waals surface area contributed by atoms with Gasteiger partial charge in [-0.05, 0) is 31.4 Å². The van der Waals surface area contributed by atoms with Crippen LogP contribution in [0.4, 0.5) is 4.79 Å². The third-order valence-corrected chi connectivity index (χ3v) is 4.62. The van der Waals surface area contributed by atoms with Gasteiger partial charge in [0.1, 0.15) is 5.01 Å². The Bertz CT molecular complexity index is 793. The molecule has 0 atom stereocenters. The standard InChI is InChI=1S/C17H20N4OS/c1-12-11-23-16(21-12)10-20-17(22)18-8-4-5-13-9-19-15-7-3-2-6-14(13)15/h2-3,6-7,9,11,19H,4-5,8,10H2,1H3,(H2,18,20,22). The molecule has 3 aromatic rings. The predicted octanol–water partition coefficient (Wildman–Crippen LogP) is 3.36. The van der Waals surface area contributed by atoms with E-state index in [0.717, 1.165) is 29.1 Å². The van der Waals surface area contributed by atoms with E-state index >= 15 is 0 Å². The molecule has 2 amide bonds. The molecule has 0 fully saturated rings. The van der Waals surface area contributed by atoms with Crippen molar-refractivity contribution in [2.24, 2.45) is 0 Å². The number of aromatic amines is 1. The lowest BCUT2D eigenvalue weighted by Crippen LogP contribution is -2.35. The quantitative estimate of drug-likeness (QED) is 0.607. The fourth-order valence-corrected chi connectivity index (χ4v) is 3.23. The number of benzene rings is 1. The van der Waals surface area contributed by atoms with Crippen LogP contribution in [0, 0.1) is 6.92 Å². The van der Waals surface area contributed by atoms with Crippen molar-refractivity contribution in [3.8, 4) is 0 Å². The number of H-pyrrole nitrogens is 1. The second-order valence-corrected chi connectivity index (χ2v) is 6.40. The van der Waals surface area contributed by atoms with E-state index in [1.165, 1.54) is 10.9 Å². The number of thiazole rings is 1. The third-order valence-electron chi connectivity index (χ3n) is 3.65. The van der Waals surface area contributed by atoms with Gasteiger partial charge in [-0.1, -0.05) is 18.2 Å². The van der Waals surface area contributed by atoms with E-state index in [9.17, 15) is 4.79 Å². The molecule has 2 aromatic heterocycles. The van der Waals surface area contributed by atoms with Crippen molar-refractivity contribution < 1.29 is 4.79 Å². The Labute approximate surface area is 139 Å². The number of rotatable bonds is 6. The number of hydrogen-bond donors (Lipinski definition) is 3. The molecule has 0 aliphatic carbocycles. The summed E-state index contributed by atoms with van der Waals surface area (Å²) in [6.07, 6.45) is 3.90. The Morgan fingerprint density at radius 3 is 3.00 bits per heavy atom. The minimum absolute atomic E-state index is 0.142. The van der Waals surface area contributed by atoms with Crippen LogP contribution >= 0.6 is 11.3 Å². The zero-order chi connectivity index (χ0) is 16.1. The van der Waals surface area contributed by atoms with E-state index in [4.69, 9.17) is 0 Å². The van der Waals surface area contributed by atoms with Crippen LogP contribution in [-0.2, 0) is 13.0 Å². The highest BCUT2D eigenvalue weighted by Gasteiger charge is 2.04. The number of nitrogens with one attached hydrogen (secondary N) is 3. The molecule has 23 heavy (non-hydrogen) atoms. The molecule has 6 heteroatoms. The Morgan fingerprint density at radius 2 is 2.17 bits per heavy atom. The SMILES string of the molecule is Cc1csc(CNC(=O)NCCCc2c[nH]c3ccccc23)n1. The largest absolute Gasteiger partial charge is 0.361 e. The number of aromatic nitrogens is 2. The minimum Gasteiger partial charge on any atom is -0.361 e. The fourth-order valence-electron chi connectivity index (χ4n) is 2.52. The van der Waals surface area contributed by atoms with Crippen molar-refractivity contribution in [1.82, 2.24) is 20.6 Å². The van der Waals surface area contributed by atoms with E-state index in [-0.39, 0.29) is 6.03 Å². The summed E-state index contributed by atoms with van der Waals surface area (Å²) in [7, 11) is 0. The number of nitrogens with zero attached hydrogens (tertiary/aromatic N) is 1. The Hall–Kier alpha value is -2.34. The van der Waals surface area contributed by atoms with Gasteiger partial charge in [0.2, 0.25) is 0 Å². The topological polar surface area (TPSA) is 69.8 Å². The first-order valence-electron chi connectivity index (χ1n) is 7.70. The maximum absolute atomic E-state index is 11.7. The van der Waals surface area contributed by atoms with Crippen molar-refractivity contribution in [3.63, 3.8) is 0 Å². The summed E-state index contributed by atoms with van der Waals surface area (Å²) in [5.41, 5.74) is 3.44. The lowest BCUT2D eigenvalue weighted by Gasteiger charge is -2.06. The lowest BCUT2D eigenvalue weighted by molar-refractivity contribution is 0.240. The van der Waals surface area contributed by atoms with Gasteiger partial charge >= 0.3 is 6.03 Å². The predicted molar refractivity (Wildman–Crippen MR) is 93.7 cm³/mol. The van der Waals surface area contributed by atoms with E-state index in [1.54, 1.807) is 11.3 Å². The molecule has 1 aromatic carbocycles. The number of fused-ring (bicyclic) bond motifs is 1. The molecule has 0 radical (unpaired) electrons. The van der Waals surface area contributed by atoms with Crippen LogP contribution in [0.5, 0.6) is 0 Å². The number of urea groups is 1. The highest BCUT2D eigenvalue weighted by atomic mass is 32.1. The molecule has 0 bridgehead atoms. The van der Waals surface area contributed by atoms with Gasteiger partial charge in [-0.15, -0.1) is 11.3 Å². The lowest BCUT2D eigenvalue weighted by atomic mass is 10.1. The molecular weight excluding hydrogens is 308 g/mol. The van der Waals surface area contributed by atoms with Gasteiger partial charge in [-0.2, -0.15) is 0 Å². The summed E-state index contributed by atoms with van der Waals surface area (Å²) < 4.78 is 0. The van der Waals surface area contributed by atoms with Crippen molar-refractivity contribution in [2.75, 3.05) is 6.54 Å². The average Bonchev–Trinajstić information content (AvgIpc) is 3.16.